The number of hydrogen-bond acceptors (Lipinski definition) is 5. The lowest BCUT2D eigenvalue weighted by Gasteiger charge is -2.13. The van der Waals surface area contributed by atoms with Crippen LogP contribution >= 0.6 is 0 Å². The molecule has 0 aliphatic rings. The van der Waals surface area contributed by atoms with Gasteiger partial charge in [0.05, 0.1) is 10.9 Å². The first kappa shape index (κ1) is 22.3. The van der Waals surface area contributed by atoms with Gasteiger partial charge in [-0.2, -0.15) is 0 Å². The average molecular weight is 428 g/mol. The van der Waals surface area contributed by atoms with E-state index >= 15 is 0 Å². The molecule has 2 amide bonds. The molecule has 0 spiro atoms. The van der Waals surface area contributed by atoms with E-state index in [1.54, 1.807) is 12.1 Å². The minimum atomic E-state index is -0.723. The van der Waals surface area contributed by atoms with Crippen molar-refractivity contribution in [3.63, 3.8) is 0 Å². The normalized spacial score (nSPS) is 12.5. The molecule has 0 saturated heterocycles. The largest absolute Gasteiger partial charge is 0.368 e. The Kier molecular flexibility index (Phi) is 6.28. The Balaban J connectivity index is 2.30. The van der Waals surface area contributed by atoms with Gasteiger partial charge >= 0.3 is 5.69 Å². The highest BCUT2D eigenvalue weighted by Crippen LogP contribution is 2.15. The minimum absolute atomic E-state index is 0.0201. The van der Waals surface area contributed by atoms with E-state index in [1.807, 2.05) is 27.7 Å². The zero-order chi connectivity index (χ0) is 22.9. The molecule has 0 aliphatic carbocycles. The van der Waals surface area contributed by atoms with E-state index in [0.717, 1.165) is 11.1 Å². The van der Waals surface area contributed by atoms with Crippen molar-refractivity contribution in [3.8, 4) is 0 Å². The van der Waals surface area contributed by atoms with Crippen LogP contribution in [-0.2, 0) is 17.9 Å². The number of aromatic nitrogens is 4. The highest BCUT2D eigenvalue weighted by atomic mass is 16.2. The van der Waals surface area contributed by atoms with E-state index < -0.39 is 18.1 Å². The number of carbonyl (C=O) groups excluding carboxylic acids is 2. The first-order valence-corrected chi connectivity index (χ1v) is 10.4. The number of amides is 2. The number of nitrogens with one attached hydrogen (secondary N) is 1. The second-order valence-electron chi connectivity index (χ2n) is 8.20. The molecule has 3 N–H and O–H groups in total. The molecule has 31 heavy (non-hydrogen) atoms. The Labute approximate surface area is 178 Å². The van der Waals surface area contributed by atoms with Gasteiger partial charge in [-0.3, -0.25) is 19.0 Å². The van der Waals surface area contributed by atoms with Crippen LogP contribution < -0.4 is 22.3 Å². The summed E-state index contributed by atoms with van der Waals surface area (Å²) in [5.74, 6) is -0.581. The van der Waals surface area contributed by atoms with Crippen LogP contribution in [0.4, 0.5) is 0 Å². The Morgan fingerprint density at radius 3 is 2.52 bits per heavy atom. The van der Waals surface area contributed by atoms with Gasteiger partial charge in [0.25, 0.3) is 11.5 Å². The van der Waals surface area contributed by atoms with Gasteiger partial charge in [0.1, 0.15) is 6.54 Å². The van der Waals surface area contributed by atoms with Gasteiger partial charge in [-0.1, -0.05) is 20.8 Å². The zero-order valence-corrected chi connectivity index (χ0v) is 18.2. The fourth-order valence-electron chi connectivity index (χ4n) is 3.31. The van der Waals surface area contributed by atoms with Crippen LogP contribution in [0.25, 0.3) is 16.7 Å². The smallest absolute Gasteiger partial charge is 0.352 e. The van der Waals surface area contributed by atoms with Crippen LogP contribution in [0.15, 0.2) is 27.8 Å². The molecule has 2 heterocycles. The highest BCUT2D eigenvalue weighted by molar-refractivity contribution is 5.98. The van der Waals surface area contributed by atoms with Crippen LogP contribution in [0.3, 0.4) is 0 Å². The Hall–Kier alpha value is -3.43. The number of benzene rings is 1. The number of rotatable bonds is 8. The van der Waals surface area contributed by atoms with E-state index in [4.69, 9.17) is 5.73 Å². The summed E-state index contributed by atoms with van der Waals surface area (Å²) in [6, 6.07) is 4.60. The van der Waals surface area contributed by atoms with Gasteiger partial charge in [-0.05, 0) is 43.9 Å². The molecule has 2 aromatic heterocycles. The number of nitrogens with zero attached hydrogens (tertiary/aromatic N) is 4. The molecule has 1 aromatic carbocycles. The van der Waals surface area contributed by atoms with Gasteiger partial charge in [-0.25, -0.2) is 13.9 Å². The molecular formula is C21H28N6O4. The second kappa shape index (κ2) is 8.75. The minimum Gasteiger partial charge on any atom is -0.368 e. The molecule has 1 atom stereocenters. The summed E-state index contributed by atoms with van der Waals surface area (Å²) in [7, 11) is 0. The van der Waals surface area contributed by atoms with Crippen molar-refractivity contribution in [1.82, 2.24) is 24.1 Å². The number of aryl methyl sites for hydroxylation is 1. The lowest BCUT2D eigenvalue weighted by molar-refractivity contribution is -0.118. The van der Waals surface area contributed by atoms with Gasteiger partial charge in [0, 0.05) is 18.2 Å². The van der Waals surface area contributed by atoms with Crippen molar-refractivity contribution in [3.05, 3.63) is 44.6 Å². The molecule has 3 rings (SSSR count). The van der Waals surface area contributed by atoms with Crippen molar-refractivity contribution in [2.75, 3.05) is 0 Å². The quantitative estimate of drug-likeness (QED) is 0.549. The van der Waals surface area contributed by atoms with Crippen LogP contribution in [0, 0.1) is 5.92 Å². The van der Waals surface area contributed by atoms with Gasteiger partial charge < -0.3 is 11.1 Å². The standard InChI is InChI=1S/C21H28N6O4/c1-5-13(4)23-18(29)14-6-7-15-16(10-14)27-20(24-26(21(27)31)11-17(22)28)25(19(15)30)9-8-12(2)3/h6-7,10,12-13H,5,8-9,11H2,1-4H3,(H2,22,28)(H,23,29). The maximum Gasteiger partial charge on any atom is 0.352 e. The second-order valence-corrected chi connectivity index (χ2v) is 8.20. The predicted molar refractivity (Wildman–Crippen MR) is 117 cm³/mol. The Bertz CT molecular complexity index is 1270. The van der Waals surface area contributed by atoms with Crippen LogP contribution in [0.1, 0.15) is 50.9 Å². The summed E-state index contributed by atoms with van der Waals surface area (Å²) >= 11 is 0. The summed E-state index contributed by atoms with van der Waals surface area (Å²) in [4.78, 5) is 50.2. The average Bonchev–Trinajstić information content (AvgIpc) is 3.02. The Morgan fingerprint density at radius 2 is 1.90 bits per heavy atom. The number of carbonyl (C=O) groups is 2. The molecule has 0 aliphatic heterocycles. The van der Waals surface area contributed by atoms with Crippen LogP contribution in [0.2, 0.25) is 0 Å². The summed E-state index contributed by atoms with van der Waals surface area (Å²) in [5, 5.41) is 7.37. The maximum absolute atomic E-state index is 13.2. The number of primary amides is 1. The molecule has 0 radical (unpaired) electrons. The third kappa shape index (κ3) is 4.37. The third-order valence-electron chi connectivity index (χ3n) is 5.27. The van der Waals surface area contributed by atoms with E-state index in [9.17, 15) is 19.2 Å². The lowest BCUT2D eigenvalue weighted by atomic mass is 10.1. The number of hydrogen-bond donors (Lipinski definition) is 2. The summed E-state index contributed by atoms with van der Waals surface area (Å²) < 4.78 is 3.63. The number of fused-ring (bicyclic) bond motifs is 3. The van der Waals surface area contributed by atoms with Crippen molar-refractivity contribution < 1.29 is 9.59 Å². The van der Waals surface area contributed by atoms with Crippen molar-refractivity contribution >= 4 is 28.5 Å². The molecule has 0 fully saturated rings. The topological polar surface area (TPSA) is 133 Å². The summed E-state index contributed by atoms with van der Waals surface area (Å²) in [5.41, 5.74) is 4.92. The fraction of sp³-hybridized carbons (Fsp3) is 0.476. The predicted octanol–water partition coefficient (Wildman–Crippen LogP) is 0.871. The van der Waals surface area contributed by atoms with Crippen LogP contribution in [-0.4, -0.2) is 36.6 Å². The molecule has 10 heteroatoms. The first-order valence-electron chi connectivity index (χ1n) is 10.4. The highest BCUT2D eigenvalue weighted by Gasteiger charge is 2.20. The fourth-order valence-corrected chi connectivity index (χ4v) is 3.31. The van der Waals surface area contributed by atoms with E-state index in [-0.39, 0.29) is 34.2 Å². The Morgan fingerprint density at radius 1 is 1.19 bits per heavy atom. The maximum atomic E-state index is 13.2. The monoisotopic (exact) mass is 428 g/mol. The molecule has 10 nitrogen and oxygen atoms in total. The van der Waals surface area contributed by atoms with Crippen molar-refractivity contribution in [1.29, 1.82) is 0 Å². The zero-order valence-electron chi connectivity index (χ0n) is 18.2. The van der Waals surface area contributed by atoms with E-state index in [2.05, 4.69) is 10.4 Å². The molecule has 166 valence electrons. The first-order chi connectivity index (χ1) is 14.6. The molecule has 1 unspecified atom stereocenters. The SMILES string of the molecule is CCC(C)NC(=O)c1ccc2c(=O)n(CCC(C)C)c3nn(CC(N)=O)c(=O)n3c2c1. The van der Waals surface area contributed by atoms with Gasteiger partial charge in [0.15, 0.2) is 0 Å². The summed E-state index contributed by atoms with van der Waals surface area (Å²) in [6.07, 6.45) is 1.47. The molecule has 0 bridgehead atoms. The van der Waals surface area contributed by atoms with Crippen molar-refractivity contribution in [2.24, 2.45) is 11.7 Å². The van der Waals surface area contributed by atoms with Gasteiger partial charge in [0.2, 0.25) is 11.7 Å². The van der Waals surface area contributed by atoms with E-state index in [0.29, 0.717) is 24.4 Å². The molecular weight excluding hydrogens is 400 g/mol. The van der Waals surface area contributed by atoms with Gasteiger partial charge in [-0.15, -0.1) is 5.10 Å². The molecule has 3 aromatic rings. The van der Waals surface area contributed by atoms with E-state index in [1.165, 1.54) is 15.0 Å². The summed E-state index contributed by atoms with van der Waals surface area (Å²) in [6.45, 7) is 7.87. The van der Waals surface area contributed by atoms with Crippen molar-refractivity contribution in [2.45, 2.75) is 59.7 Å². The lowest BCUT2D eigenvalue weighted by Crippen LogP contribution is -2.32. The van der Waals surface area contributed by atoms with Crippen LogP contribution in [0.5, 0.6) is 0 Å². The molecule has 0 saturated carbocycles. The third-order valence-corrected chi connectivity index (χ3v) is 5.27. The number of nitrogens with two attached hydrogens (primary N) is 1.